The average molecular weight is 446 g/mol. The van der Waals surface area contributed by atoms with E-state index in [2.05, 4.69) is 12.1 Å². The Hall–Kier alpha value is -4.13. The van der Waals surface area contributed by atoms with Crippen molar-refractivity contribution in [1.82, 2.24) is 9.78 Å². The molecule has 0 atom stereocenters. The number of carboxylic acids is 1. The number of ether oxygens (including phenoxy) is 2. The molecule has 6 nitrogen and oxygen atoms in total. The van der Waals surface area contributed by atoms with E-state index in [9.17, 15) is 9.18 Å². The first-order valence-electron chi connectivity index (χ1n) is 10.4. The van der Waals surface area contributed by atoms with Crippen LogP contribution in [-0.4, -0.2) is 34.6 Å². The lowest BCUT2D eigenvalue weighted by molar-refractivity contribution is -0.139. The van der Waals surface area contributed by atoms with Gasteiger partial charge in [0, 0.05) is 23.7 Å². The summed E-state index contributed by atoms with van der Waals surface area (Å²) in [6.07, 6.45) is 0.760. The number of hydrogen-bond acceptors (Lipinski definition) is 4. The third kappa shape index (κ3) is 5.20. The number of carboxylic acid groups (broad SMARTS) is 1. The zero-order valence-corrected chi connectivity index (χ0v) is 18.1. The molecule has 0 saturated carbocycles. The molecule has 0 fully saturated rings. The number of aromatic nitrogens is 2. The van der Waals surface area contributed by atoms with E-state index >= 15 is 0 Å². The molecule has 7 heteroatoms. The van der Waals surface area contributed by atoms with E-state index in [1.807, 2.05) is 53.2 Å². The van der Waals surface area contributed by atoms with Crippen molar-refractivity contribution in [2.75, 3.05) is 13.7 Å². The molecular weight excluding hydrogens is 423 g/mol. The highest BCUT2D eigenvalue weighted by atomic mass is 19.1. The zero-order chi connectivity index (χ0) is 23.2. The van der Waals surface area contributed by atoms with Gasteiger partial charge in [0.1, 0.15) is 17.3 Å². The summed E-state index contributed by atoms with van der Waals surface area (Å²) < 4.78 is 26.7. The van der Waals surface area contributed by atoms with Crippen molar-refractivity contribution >= 4 is 5.97 Å². The summed E-state index contributed by atoms with van der Waals surface area (Å²) in [5.74, 6) is -0.844. The molecule has 0 unspecified atom stereocenters. The van der Waals surface area contributed by atoms with Gasteiger partial charge in [-0.15, -0.1) is 0 Å². The first-order valence-corrected chi connectivity index (χ1v) is 10.4. The molecule has 1 aromatic heterocycles. The Morgan fingerprint density at radius 1 is 0.970 bits per heavy atom. The van der Waals surface area contributed by atoms with E-state index in [0.717, 1.165) is 17.7 Å². The molecule has 0 spiro atoms. The molecule has 33 heavy (non-hydrogen) atoms. The standard InChI is InChI=1S/C26H23FN2O4/c1-32-24-10-6-5-9-21(24)23-16-22(28-29(23)14-13-18-7-3-2-4-8-18)20-12-11-19(27)15-25(20)33-17-26(30)31/h2-12,15-16H,13-14,17H2,1H3,(H,30,31). The molecule has 3 aromatic carbocycles. The van der Waals surface area contributed by atoms with Gasteiger partial charge in [0.25, 0.3) is 0 Å². The molecular formula is C26H23FN2O4. The van der Waals surface area contributed by atoms with E-state index in [-0.39, 0.29) is 5.75 Å². The fraction of sp³-hybridized carbons (Fsp3) is 0.154. The summed E-state index contributed by atoms with van der Waals surface area (Å²) in [5.41, 5.74) is 3.92. The van der Waals surface area contributed by atoms with Crippen molar-refractivity contribution in [1.29, 1.82) is 0 Å². The lowest BCUT2D eigenvalue weighted by atomic mass is 10.1. The van der Waals surface area contributed by atoms with Gasteiger partial charge in [-0.05, 0) is 42.3 Å². The van der Waals surface area contributed by atoms with E-state index in [4.69, 9.17) is 19.7 Å². The van der Waals surface area contributed by atoms with Crippen LogP contribution in [0, 0.1) is 5.82 Å². The molecule has 0 aliphatic carbocycles. The van der Waals surface area contributed by atoms with Gasteiger partial charge in [-0.25, -0.2) is 9.18 Å². The Bertz CT molecular complexity index is 1250. The Kier molecular flexibility index (Phi) is 6.69. The molecule has 0 saturated heterocycles. The van der Waals surface area contributed by atoms with Crippen LogP contribution in [0.4, 0.5) is 4.39 Å². The predicted octanol–water partition coefficient (Wildman–Crippen LogP) is 5.07. The normalized spacial score (nSPS) is 10.7. The monoisotopic (exact) mass is 446 g/mol. The van der Waals surface area contributed by atoms with Gasteiger partial charge in [-0.1, -0.05) is 42.5 Å². The Labute approximate surface area is 190 Å². The van der Waals surface area contributed by atoms with Crippen LogP contribution in [-0.2, 0) is 17.8 Å². The summed E-state index contributed by atoms with van der Waals surface area (Å²) in [6.45, 7) is 0.0223. The number of aliphatic carboxylic acids is 1. The molecule has 0 radical (unpaired) electrons. The summed E-state index contributed by atoms with van der Waals surface area (Å²) in [4.78, 5) is 11.0. The molecule has 0 aliphatic heterocycles. The number of hydrogen-bond donors (Lipinski definition) is 1. The van der Waals surface area contributed by atoms with Crippen LogP contribution in [0.5, 0.6) is 11.5 Å². The lowest BCUT2D eigenvalue weighted by Crippen LogP contribution is -2.10. The first-order chi connectivity index (χ1) is 16.0. The number of nitrogens with zero attached hydrogens (tertiary/aromatic N) is 2. The van der Waals surface area contributed by atoms with Gasteiger partial charge in [0.15, 0.2) is 6.61 Å². The number of rotatable bonds is 9. The Balaban J connectivity index is 1.77. The highest BCUT2D eigenvalue weighted by molar-refractivity contribution is 5.76. The van der Waals surface area contributed by atoms with Gasteiger partial charge >= 0.3 is 5.97 Å². The molecule has 168 valence electrons. The number of aryl methyl sites for hydroxylation is 2. The molecule has 4 rings (SSSR count). The van der Waals surface area contributed by atoms with E-state index in [0.29, 0.717) is 23.6 Å². The van der Waals surface area contributed by atoms with Gasteiger partial charge in [-0.3, -0.25) is 4.68 Å². The summed E-state index contributed by atoms with van der Waals surface area (Å²) in [6, 6.07) is 23.6. The highest BCUT2D eigenvalue weighted by Crippen LogP contribution is 2.36. The van der Waals surface area contributed by atoms with Crippen molar-refractivity contribution in [2.45, 2.75) is 13.0 Å². The van der Waals surface area contributed by atoms with Crippen LogP contribution in [0.2, 0.25) is 0 Å². The van der Waals surface area contributed by atoms with Crippen LogP contribution in [0.3, 0.4) is 0 Å². The smallest absolute Gasteiger partial charge is 0.341 e. The predicted molar refractivity (Wildman–Crippen MR) is 123 cm³/mol. The third-order valence-corrected chi connectivity index (χ3v) is 5.19. The minimum atomic E-state index is -1.15. The molecule has 0 bridgehead atoms. The quantitative estimate of drug-likeness (QED) is 0.389. The molecule has 0 amide bonds. The number of benzene rings is 3. The van der Waals surface area contributed by atoms with Crippen LogP contribution in [0.1, 0.15) is 5.56 Å². The van der Waals surface area contributed by atoms with E-state index < -0.39 is 18.4 Å². The van der Waals surface area contributed by atoms with Crippen molar-refractivity contribution < 1.29 is 23.8 Å². The third-order valence-electron chi connectivity index (χ3n) is 5.19. The van der Waals surface area contributed by atoms with Crippen molar-refractivity contribution in [3.8, 4) is 34.0 Å². The maximum Gasteiger partial charge on any atom is 0.341 e. The molecule has 1 heterocycles. The van der Waals surface area contributed by atoms with Crippen LogP contribution >= 0.6 is 0 Å². The summed E-state index contributed by atoms with van der Waals surface area (Å²) in [7, 11) is 1.61. The number of halogens is 1. The Morgan fingerprint density at radius 3 is 2.48 bits per heavy atom. The topological polar surface area (TPSA) is 73.6 Å². The van der Waals surface area contributed by atoms with Gasteiger partial charge in [0.2, 0.25) is 0 Å². The van der Waals surface area contributed by atoms with Gasteiger partial charge in [-0.2, -0.15) is 5.10 Å². The van der Waals surface area contributed by atoms with Crippen molar-refractivity contribution in [3.63, 3.8) is 0 Å². The maximum absolute atomic E-state index is 13.9. The second-order valence-corrected chi connectivity index (χ2v) is 7.40. The van der Waals surface area contributed by atoms with E-state index in [1.165, 1.54) is 17.7 Å². The zero-order valence-electron chi connectivity index (χ0n) is 18.1. The van der Waals surface area contributed by atoms with Crippen LogP contribution < -0.4 is 9.47 Å². The van der Waals surface area contributed by atoms with Crippen LogP contribution in [0.25, 0.3) is 22.5 Å². The highest BCUT2D eigenvalue weighted by Gasteiger charge is 2.18. The second-order valence-electron chi connectivity index (χ2n) is 7.40. The fourth-order valence-corrected chi connectivity index (χ4v) is 3.64. The molecule has 0 aliphatic rings. The minimum absolute atomic E-state index is 0.122. The summed E-state index contributed by atoms with van der Waals surface area (Å²) in [5, 5.41) is 13.8. The Morgan fingerprint density at radius 2 is 1.73 bits per heavy atom. The molecule has 4 aromatic rings. The number of carbonyl (C=O) groups is 1. The SMILES string of the molecule is COc1ccccc1-c1cc(-c2ccc(F)cc2OCC(=O)O)nn1CCc1ccccc1. The van der Waals surface area contributed by atoms with E-state index in [1.54, 1.807) is 13.2 Å². The minimum Gasteiger partial charge on any atom is -0.496 e. The summed E-state index contributed by atoms with van der Waals surface area (Å²) >= 11 is 0. The number of para-hydroxylation sites is 1. The van der Waals surface area contributed by atoms with Gasteiger partial charge < -0.3 is 14.6 Å². The number of methoxy groups -OCH3 is 1. The maximum atomic E-state index is 13.9. The van der Waals surface area contributed by atoms with Gasteiger partial charge in [0.05, 0.1) is 18.5 Å². The van der Waals surface area contributed by atoms with Crippen molar-refractivity contribution in [3.05, 3.63) is 90.2 Å². The van der Waals surface area contributed by atoms with Crippen molar-refractivity contribution in [2.24, 2.45) is 0 Å². The average Bonchev–Trinajstić information content (AvgIpc) is 3.25. The fourth-order valence-electron chi connectivity index (χ4n) is 3.64. The van der Waals surface area contributed by atoms with Crippen LogP contribution in [0.15, 0.2) is 78.9 Å². The molecule has 1 N–H and O–H groups in total. The first kappa shape index (κ1) is 22.1. The second kappa shape index (κ2) is 9.99. The lowest BCUT2D eigenvalue weighted by Gasteiger charge is -2.11. The largest absolute Gasteiger partial charge is 0.496 e.